The van der Waals surface area contributed by atoms with E-state index in [4.69, 9.17) is 0 Å². The summed E-state index contributed by atoms with van der Waals surface area (Å²) >= 11 is 0. The van der Waals surface area contributed by atoms with Crippen LogP contribution in [0, 0.1) is 0 Å². The molecule has 0 radical (unpaired) electrons. The van der Waals surface area contributed by atoms with Crippen LogP contribution in [0.4, 0.5) is 0 Å². The van der Waals surface area contributed by atoms with Crippen LogP contribution in [0.1, 0.15) is 32.2 Å². The van der Waals surface area contributed by atoms with Gasteiger partial charge in [0.1, 0.15) is 0 Å². The first kappa shape index (κ1) is 17.0. The molecule has 0 bridgehead atoms. The number of nitrogens with one attached hydrogen (secondary N) is 2. The number of nitrogens with zero attached hydrogens (tertiary/aromatic N) is 2. The smallest absolute Gasteiger partial charge is 0.0687 e. The van der Waals surface area contributed by atoms with Crippen LogP contribution in [0.25, 0.3) is 17.2 Å². The van der Waals surface area contributed by atoms with Crippen LogP contribution in [0.2, 0.25) is 0 Å². The number of aliphatic imine (C=N–C) groups is 2. The third-order valence-electron chi connectivity index (χ3n) is 4.82. The van der Waals surface area contributed by atoms with Crippen molar-refractivity contribution in [3.63, 3.8) is 0 Å². The first-order valence-corrected chi connectivity index (χ1v) is 9.06. The van der Waals surface area contributed by atoms with Crippen molar-refractivity contribution in [3.05, 3.63) is 88.1 Å². The molecule has 134 valence electrons. The summed E-state index contributed by atoms with van der Waals surface area (Å²) in [4.78, 5) is 15.9. The predicted octanol–water partition coefficient (Wildman–Crippen LogP) is 3.63. The highest BCUT2D eigenvalue weighted by Crippen LogP contribution is 2.21. The van der Waals surface area contributed by atoms with Gasteiger partial charge in [0, 0.05) is 28.3 Å². The van der Waals surface area contributed by atoms with Crippen LogP contribution in [-0.2, 0) is 0 Å². The topological polar surface area (TPSA) is 56.3 Å². The normalized spacial score (nSPS) is 20.8. The van der Waals surface area contributed by atoms with Gasteiger partial charge in [-0.2, -0.15) is 0 Å². The number of hydrogen-bond acceptors (Lipinski definition) is 2. The molecule has 2 aromatic heterocycles. The van der Waals surface area contributed by atoms with Gasteiger partial charge in [0.05, 0.1) is 17.1 Å². The Morgan fingerprint density at radius 1 is 0.963 bits per heavy atom. The first-order valence-electron chi connectivity index (χ1n) is 9.06. The lowest BCUT2D eigenvalue weighted by molar-refractivity contribution is 1.24. The Balaban J connectivity index is 1.65. The van der Waals surface area contributed by atoms with E-state index in [0.29, 0.717) is 0 Å². The van der Waals surface area contributed by atoms with Crippen LogP contribution in [-0.4, -0.2) is 21.9 Å². The summed E-state index contributed by atoms with van der Waals surface area (Å²) in [6.45, 7) is 6.17. The van der Waals surface area contributed by atoms with Gasteiger partial charge >= 0.3 is 0 Å². The zero-order valence-corrected chi connectivity index (χ0v) is 15.7. The van der Waals surface area contributed by atoms with Crippen molar-refractivity contribution in [2.45, 2.75) is 20.8 Å². The minimum absolute atomic E-state index is 1.00. The summed E-state index contributed by atoms with van der Waals surface area (Å²) in [5.74, 6) is 0. The van der Waals surface area contributed by atoms with Gasteiger partial charge in [0.15, 0.2) is 0 Å². The summed E-state index contributed by atoms with van der Waals surface area (Å²) in [5.41, 5.74) is 7.43. The van der Waals surface area contributed by atoms with Crippen molar-refractivity contribution >= 4 is 29.1 Å². The lowest BCUT2D eigenvalue weighted by Crippen LogP contribution is -2.15. The predicted molar refractivity (Wildman–Crippen MR) is 114 cm³/mol. The molecule has 0 spiro atoms. The van der Waals surface area contributed by atoms with E-state index >= 15 is 0 Å². The summed E-state index contributed by atoms with van der Waals surface area (Å²) in [6, 6.07) is 8.36. The van der Waals surface area contributed by atoms with Gasteiger partial charge in [-0.1, -0.05) is 6.08 Å². The maximum Gasteiger partial charge on any atom is 0.0687 e. The Labute approximate surface area is 158 Å². The van der Waals surface area contributed by atoms with Crippen molar-refractivity contribution < 1.29 is 0 Å². The Kier molecular flexibility index (Phi) is 4.47. The second kappa shape index (κ2) is 7.08. The molecule has 4 rings (SSSR count). The van der Waals surface area contributed by atoms with Crippen molar-refractivity contribution in [3.8, 4) is 0 Å². The number of aromatic nitrogens is 2. The highest BCUT2D eigenvalue weighted by Gasteiger charge is 2.07. The maximum atomic E-state index is 4.61. The molecule has 2 N–H and O–H groups in total. The van der Waals surface area contributed by atoms with Gasteiger partial charge in [-0.05, 0) is 86.6 Å². The van der Waals surface area contributed by atoms with E-state index in [0.717, 1.165) is 50.3 Å². The molecule has 2 aliphatic rings. The van der Waals surface area contributed by atoms with E-state index in [1.165, 1.54) is 0 Å². The highest BCUT2D eigenvalue weighted by atomic mass is 14.8. The average Bonchev–Trinajstić information content (AvgIpc) is 3.48. The molecule has 27 heavy (non-hydrogen) atoms. The second-order valence-electron chi connectivity index (χ2n) is 6.62. The van der Waals surface area contributed by atoms with Gasteiger partial charge in [0.25, 0.3) is 0 Å². The number of aromatic amines is 2. The molecule has 0 aromatic carbocycles. The summed E-state index contributed by atoms with van der Waals surface area (Å²) in [5, 5.41) is 2.13. The molecule has 0 saturated heterocycles. The molecule has 4 heteroatoms. The molecule has 0 fully saturated rings. The molecule has 2 aliphatic heterocycles. The van der Waals surface area contributed by atoms with Crippen molar-refractivity contribution in [1.29, 1.82) is 0 Å². The monoisotopic (exact) mass is 354 g/mol. The lowest BCUT2D eigenvalue weighted by Gasteiger charge is -1.99. The highest BCUT2D eigenvalue weighted by molar-refractivity contribution is 6.25. The summed E-state index contributed by atoms with van der Waals surface area (Å²) in [7, 11) is 0. The fourth-order valence-corrected chi connectivity index (χ4v) is 3.14. The molecular formula is C23H22N4. The summed E-state index contributed by atoms with van der Waals surface area (Å²) < 4.78 is 0. The van der Waals surface area contributed by atoms with Gasteiger partial charge in [-0.15, -0.1) is 0 Å². The van der Waals surface area contributed by atoms with Gasteiger partial charge in [-0.3, -0.25) is 4.99 Å². The molecule has 0 saturated carbocycles. The Bertz CT molecular complexity index is 1170. The zero-order chi connectivity index (χ0) is 18.8. The number of rotatable bonds is 3. The van der Waals surface area contributed by atoms with E-state index in [9.17, 15) is 0 Å². The third kappa shape index (κ3) is 3.47. The molecule has 0 atom stereocenters. The minimum atomic E-state index is 1.00. The van der Waals surface area contributed by atoms with E-state index in [-0.39, 0.29) is 0 Å². The fraction of sp³-hybridized carbons (Fsp3) is 0.130. The largest absolute Gasteiger partial charge is 0.355 e. The SMILES string of the molecule is C/C=C1/C=CC(C(/C)=c2/cc/c(=C/c3ccc(/C(C)=C4/C=CC=N4)[nH]3)[nH]2)=N1. The Morgan fingerprint density at radius 3 is 2.59 bits per heavy atom. The maximum absolute atomic E-state index is 4.61. The quantitative estimate of drug-likeness (QED) is 0.846. The van der Waals surface area contributed by atoms with Crippen molar-refractivity contribution in [1.82, 2.24) is 9.97 Å². The number of H-pyrrole nitrogens is 2. The van der Waals surface area contributed by atoms with Crippen LogP contribution in [0.3, 0.4) is 0 Å². The van der Waals surface area contributed by atoms with E-state index < -0.39 is 0 Å². The van der Waals surface area contributed by atoms with Crippen molar-refractivity contribution in [2.24, 2.45) is 9.98 Å². The first-order chi connectivity index (χ1) is 13.1. The number of allylic oxidation sites excluding steroid dienone is 6. The molecule has 4 heterocycles. The average molecular weight is 354 g/mol. The third-order valence-corrected chi connectivity index (χ3v) is 4.82. The summed E-state index contributed by atoms with van der Waals surface area (Å²) in [6.07, 6.45) is 14.0. The van der Waals surface area contributed by atoms with E-state index in [1.54, 1.807) is 0 Å². The zero-order valence-electron chi connectivity index (χ0n) is 15.7. The lowest BCUT2D eigenvalue weighted by atomic mass is 10.2. The Morgan fingerprint density at radius 2 is 1.85 bits per heavy atom. The standard InChI is InChI=1S/C23H22N4/c1-4-17-7-10-22(25-17)16(3)23-12-9-19(27-23)14-18-8-11-21(26-18)15(2)20-6-5-13-24-20/h4-14,26-27H,1-3H3/b17-4-,19-14-,20-15-,23-16-. The molecule has 2 aromatic rings. The minimum Gasteiger partial charge on any atom is -0.355 e. The van der Waals surface area contributed by atoms with Gasteiger partial charge in [-0.25, -0.2) is 4.99 Å². The van der Waals surface area contributed by atoms with Crippen LogP contribution < -0.4 is 10.7 Å². The van der Waals surface area contributed by atoms with E-state index in [1.807, 2.05) is 37.4 Å². The van der Waals surface area contributed by atoms with Crippen LogP contribution in [0.5, 0.6) is 0 Å². The Hall–Kier alpha value is -3.40. The fourth-order valence-electron chi connectivity index (χ4n) is 3.14. The van der Waals surface area contributed by atoms with Crippen molar-refractivity contribution in [2.75, 3.05) is 0 Å². The van der Waals surface area contributed by atoms with E-state index in [2.05, 4.69) is 70.2 Å². The number of hydrogen-bond donors (Lipinski definition) is 2. The van der Waals surface area contributed by atoms with Gasteiger partial charge < -0.3 is 9.97 Å². The molecular weight excluding hydrogens is 332 g/mol. The molecule has 0 amide bonds. The van der Waals surface area contributed by atoms with Gasteiger partial charge in [0.2, 0.25) is 0 Å². The molecule has 0 aliphatic carbocycles. The van der Waals surface area contributed by atoms with Crippen LogP contribution >= 0.6 is 0 Å². The molecule has 0 unspecified atom stereocenters. The second-order valence-corrected chi connectivity index (χ2v) is 6.62. The van der Waals surface area contributed by atoms with Crippen LogP contribution in [0.15, 0.2) is 76.0 Å². The molecule has 4 nitrogen and oxygen atoms in total.